The first-order chi connectivity index (χ1) is 9.63. The Kier molecular flexibility index (Phi) is 7.01. The lowest BCUT2D eigenvalue weighted by Crippen LogP contribution is -2.42. The Labute approximate surface area is 122 Å². The minimum Gasteiger partial charge on any atom is -0.396 e. The maximum Gasteiger partial charge on any atom is 0.240 e. The van der Waals surface area contributed by atoms with Crippen LogP contribution in [0.2, 0.25) is 0 Å². The molecule has 114 valence electrons. The Hall–Kier alpha value is -1.08. The first-order valence-electron chi connectivity index (χ1n) is 7.94. The highest BCUT2D eigenvalue weighted by molar-refractivity contribution is 5.85. The van der Waals surface area contributed by atoms with E-state index >= 15 is 0 Å². The normalized spacial score (nSPS) is 22.5. The van der Waals surface area contributed by atoms with Gasteiger partial charge in [0.05, 0.1) is 6.07 Å². The summed E-state index contributed by atoms with van der Waals surface area (Å²) in [5, 5.41) is 21.7. The van der Waals surface area contributed by atoms with Crippen LogP contribution in [0.4, 0.5) is 0 Å². The molecule has 4 nitrogen and oxygen atoms in total. The van der Waals surface area contributed by atoms with Crippen molar-refractivity contribution in [1.82, 2.24) is 5.32 Å². The van der Waals surface area contributed by atoms with E-state index in [4.69, 9.17) is 0 Å². The molecule has 1 rings (SSSR count). The van der Waals surface area contributed by atoms with Crippen LogP contribution < -0.4 is 5.32 Å². The van der Waals surface area contributed by atoms with Gasteiger partial charge in [0.2, 0.25) is 5.91 Å². The molecule has 2 N–H and O–H groups in total. The van der Waals surface area contributed by atoms with Gasteiger partial charge in [0.15, 0.2) is 0 Å². The molecule has 1 aliphatic rings. The van der Waals surface area contributed by atoms with Gasteiger partial charge in [-0.25, -0.2) is 0 Å². The summed E-state index contributed by atoms with van der Waals surface area (Å²) in [6.45, 7) is 4.82. The second-order valence-electron chi connectivity index (χ2n) is 6.04. The third kappa shape index (κ3) is 3.96. The molecule has 0 heterocycles. The molecule has 1 aliphatic carbocycles. The van der Waals surface area contributed by atoms with Crippen LogP contribution in [0, 0.1) is 28.6 Å². The highest BCUT2D eigenvalue weighted by Gasteiger charge is 2.37. The van der Waals surface area contributed by atoms with Crippen LogP contribution in [0.3, 0.4) is 0 Å². The Morgan fingerprint density at radius 3 is 2.40 bits per heavy atom. The lowest BCUT2D eigenvalue weighted by atomic mass is 9.79. The number of aliphatic hydroxyl groups excluding tert-OH is 1. The summed E-state index contributed by atoms with van der Waals surface area (Å²) in [5.74, 6) is 0.556. The molecule has 0 aromatic heterocycles. The van der Waals surface area contributed by atoms with E-state index in [-0.39, 0.29) is 12.5 Å². The second-order valence-corrected chi connectivity index (χ2v) is 6.04. The van der Waals surface area contributed by atoms with Gasteiger partial charge in [-0.1, -0.05) is 33.1 Å². The predicted octanol–water partition coefficient (Wildman–Crippen LogP) is 2.62. The molecule has 0 bridgehead atoms. The third-order valence-electron chi connectivity index (χ3n) is 4.58. The molecule has 0 saturated heterocycles. The van der Waals surface area contributed by atoms with Gasteiger partial charge in [-0.05, 0) is 37.5 Å². The molecule has 1 fully saturated rings. The summed E-state index contributed by atoms with van der Waals surface area (Å²) < 4.78 is 0. The van der Waals surface area contributed by atoms with Crippen LogP contribution >= 0.6 is 0 Å². The fraction of sp³-hybridized carbons (Fsp3) is 0.875. The van der Waals surface area contributed by atoms with Crippen molar-refractivity contribution in [2.45, 2.75) is 58.8 Å². The van der Waals surface area contributed by atoms with Crippen molar-refractivity contribution in [3.63, 3.8) is 0 Å². The molecule has 1 amide bonds. The molecular formula is C16H28N2O2. The minimum atomic E-state index is -0.864. The molecule has 0 spiro atoms. The van der Waals surface area contributed by atoms with Gasteiger partial charge in [-0.2, -0.15) is 5.26 Å². The van der Waals surface area contributed by atoms with Crippen molar-refractivity contribution >= 4 is 5.91 Å². The fourth-order valence-electron chi connectivity index (χ4n) is 3.38. The first-order valence-corrected chi connectivity index (χ1v) is 7.94. The van der Waals surface area contributed by atoms with Gasteiger partial charge in [0.1, 0.15) is 5.41 Å². The first kappa shape index (κ1) is 17.0. The summed E-state index contributed by atoms with van der Waals surface area (Å²) in [6.07, 6.45) is 6.15. The number of aliphatic hydroxyl groups is 1. The average Bonchev–Trinajstić information content (AvgIpc) is 2.91. The van der Waals surface area contributed by atoms with Gasteiger partial charge >= 0.3 is 0 Å². The number of nitrogens with zero attached hydrogens (tertiary/aromatic N) is 1. The number of carbonyl (C=O) groups excluding carboxylic acids is 1. The van der Waals surface area contributed by atoms with Crippen LogP contribution in [0.25, 0.3) is 0 Å². The Bertz CT molecular complexity index is 343. The van der Waals surface area contributed by atoms with Gasteiger partial charge < -0.3 is 10.4 Å². The number of nitriles is 1. The number of rotatable bonds is 8. The Morgan fingerprint density at radius 2 is 1.90 bits per heavy atom. The lowest BCUT2D eigenvalue weighted by molar-refractivity contribution is -0.129. The molecule has 0 aromatic rings. The Morgan fingerprint density at radius 1 is 1.30 bits per heavy atom. The van der Waals surface area contributed by atoms with Crippen molar-refractivity contribution in [2.24, 2.45) is 17.3 Å². The molecule has 1 saturated carbocycles. The number of hydrogen-bond acceptors (Lipinski definition) is 3. The summed E-state index contributed by atoms with van der Waals surface area (Å²) in [5.41, 5.74) is -0.864. The third-order valence-corrected chi connectivity index (χ3v) is 4.58. The van der Waals surface area contributed by atoms with Crippen molar-refractivity contribution in [2.75, 3.05) is 13.2 Å². The topological polar surface area (TPSA) is 73.1 Å². The predicted molar refractivity (Wildman–Crippen MR) is 78.8 cm³/mol. The minimum absolute atomic E-state index is 0.118. The second kappa shape index (κ2) is 8.26. The maximum atomic E-state index is 12.4. The number of hydrogen-bond donors (Lipinski definition) is 2. The summed E-state index contributed by atoms with van der Waals surface area (Å²) in [6, 6.07) is 2.26. The molecular weight excluding hydrogens is 252 g/mol. The molecule has 0 aliphatic heterocycles. The largest absolute Gasteiger partial charge is 0.396 e. The van der Waals surface area contributed by atoms with Crippen molar-refractivity contribution in [1.29, 1.82) is 5.26 Å². The fourth-order valence-corrected chi connectivity index (χ4v) is 3.38. The number of carbonyl (C=O) groups is 1. The number of nitrogens with one attached hydrogen (secondary N) is 1. The maximum absolute atomic E-state index is 12.4. The van der Waals surface area contributed by atoms with Gasteiger partial charge in [0, 0.05) is 13.2 Å². The van der Waals surface area contributed by atoms with E-state index in [2.05, 4.69) is 11.4 Å². The summed E-state index contributed by atoms with van der Waals surface area (Å²) >= 11 is 0. The SMILES string of the molecule is CCCC(C#N)(CCC)C(=O)NCC1CCCC1CO. The van der Waals surface area contributed by atoms with E-state index in [1.54, 1.807) is 0 Å². The molecule has 20 heavy (non-hydrogen) atoms. The molecule has 4 heteroatoms. The molecule has 2 unspecified atom stereocenters. The zero-order chi connectivity index (χ0) is 15.0. The zero-order valence-corrected chi connectivity index (χ0v) is 12.8. The number of amides is 1. The van der Waals surface area contributed by atoms with Crippen LogP contribution in [0.1, 0.15) is 58.8 Å². The molecule has 0 aromatic carbocycles. The highest BCUT2D eigenvalue weighted by Crippen LogP contribution is 2.32. The quantitative estimate of drug-likeness (QED) is 0.718. The van der Waals surface area contributed by atoms with Crippen LogP contribution in [-0.4, -0.2) is 24.2 Å². The monoisotopic (exact) mass is 280 g/mol. The van der Waals surface area contributed by atoms with E-state index in [9.17, 15) is 15.2 Å². The smallest absolute Gasteiger partial charge is 0.240 e. The zero-order valence-electron chi connectivity index (χ0n) is 12.8. The van der Waals surface area contributed by atoms with Crippen LogP contribution in [0.15, 0.2) is 0 Å². The van der Waals surface area contributed by atoms with Crippen molar-refractivity contribution < 1.29 is 9.90 Å². The van der Waals surface area contributed by atoms with Gasteiger partial charge in [0.25, 0.3) is 0 Å². The standard InChI is InChI=1S/C16H28N2O2/c1-3-8-16(12-17,9-4-2)15(20)18-10-13-6-5-7-14(13)11-19/h13-14,19H,3-11H2,1-2H3,(H,18,20). The van der Waals surface area contributed by atoms with E-state index in [1.807, 2.05) is 13.8 Å². The highest BCUT2D eigenvalue weighted by atomic mass is 16.3. The Balaban J connectivity index is 2.60. The lowest BCUT2D eigenvalue weighted by Gasteiger charge is -2.26. The molecule has 0 radical (unpaired) electrons. The van der Waals surface area contributed by atoms with Crippen molar-refractivity contribution in [3.05, 3.63) is 0 Å². The van der Waals surface area contributed by atoms with Crippen molar-refractivity contribution in [3.8, 4) is 6.07 Å². The van der Waals surface area contributed by atoms with E-state index in [1.165, 1.54) is 0 Å². The van der Waals surface area contributed by atoms with E-state index in [0.717, 1.165) is 32.1 Å². The summed E-state index contributed by atoms with van der Waals surface area (Å²) in [4.78, 5) is 12.4. The van der Waals surface area contributed by atoms with Crippen LogP contribution in [0.5, 0.6) is 0 Å². The average molecular weight is 280 g/mol. The van der Waals surface area contributed by atoms with E-state index < -0.39 is 5.41 Å². The van der Waals surface area contributed by atoms with Crippen LogP contribution in [-0.2, 0) is 4.79 Å². The molecule has 2 atom stereocenters. The summed E-state index contributed by atoms with van der Waals surface area (Å²) in [7, 11) is 0. The van der Waals surface area contributed by atoms with Gasteiger partial charge in [-0.15, -0.1) is 0 Å². The van der Waals surface area contributed by atoms with Gasteiger partial charge in [-0.3, -0.25) is 4.79 Å². The van der Waals surface area contributed by atoms with E-state index in [0.29, 0.717) is 31.2 Å².